The Balaban J connectivity index is 1.71. The maximum Gasteiger partial charge on any atom is 0.239 e. The largest absolute Gasteiger partial charge is 0.355 e. The summed E-state index contributed by atoms with van der Waals surface area (Å²) in [6.45, 7) is 3.58. The van der Waals surface area contributed by atoms with Crippen molar-refractivity contribution in [2.45, 2.75) is 32.7 Å². The number of hydrogen-bond donors (Lipinski definition) is 1. The maximum atomic E-state index is 13.1. The number of carbonyl (C=O) groups is 1. The molecule has 1 heterocycles. The molecule has 152 valence electrons. The fourth-order valence-corrected chi connectivity index (χ4v) is 3.54. The summed E-state index contributed by atoms with van der Waals surface area (Å²) < 4.78 is 17.5. The first-order valence-corrected chi connectivity index (χ1v) is 10.5. The lowest BCUT2D eigenvalue weighted by Crippen LogP contribution is -2.37. The molecule has 5 nitrogen and oxygen atoms in total. The smallest absolute Gasteiger partial charge is 0.239 e. The summed E-state index contributed by atoms with van der Waals surface area (Å²) in [5, 5.41) is 3.67. The molecule has 7 heteroatoms. The van der Waals surface area contributed by atoms with Crippen molar-refractivity contribution in [3.05, 3.63) is 77.4 Å². The second-order valence-electron chi connectivity index (χ2n) is 6.84. The molecule has 0 spiro atoms. The van der Waals surface area contributed by atoms with Crippen LogP contribution in [0.5, 0.6) is 0 Å². The summed E-state index contributed by atoms with van der Waals surface area (Å²) in [4.78, 5) is 19.0. The van der Waals surface area contributed by atoms with Gasteiger partial charge in [0.2, 0.25) is 11.0 Å². The molecule has 0 atom stereocenters. The summed E-state index contributed by atoms with van der Waals surface area (Å²) in [6, 6.07) is 16.3. The van der Waals surface area contributed by atoms with E-state index in [9.17, 15) is 9.18 Å². The topological polar surface area (TPSA) is 58.1 Å². The van der Waals surface area contributed by atoms with Gasteiger partial charge in [-0.3, -0.25) is 4.79 Å². The molecule has 0 radical (unpaired) electrons. The zero-order valence-corrected chi connectivity index (χ0v) is 17.3. The van der Waals surface area contributed by atoms with Gasteiger partial charge in [0.05, 0.1) is 6.54 Å². The average Bonchev–Trinajstić information content (AvgIpc) is 3.19. The van der Waals surface area contributed by atoms with Gasteiger partial charge < -0.3 is 10.2 Å². The van der Waals surface area contributed by atoms with Gasteiger partial charge in [0.1, 0.15) is 11.6 Å². The SMILES string of the molecule is CCCCNC(=O)CN(Cc1ccccc1)c1nc(Cc2ccc(F)cc2)ns1. The third kappa shape index (κ3) is 6.64. The van der Waals surface area contributed by atoms with Crippen LogP contribution in [0.25, 0.3) is 0 Å². The molecule has 2 aromatic carbocycles. The van der Waals surface area contributed by atoms with Crippen molar-refractivity contribution >= 4 is 22.6 Å². The van der Waals surface area contributed by atoms with E-state index < -0.39 is 0 Å². The third-order valence-electron chi connectivity index (χ3n) is 4.41. The molecule has 0 aliphatic carbocycles. The molecule has 1 N–H and O–H groups in total. The van der Waals surface area contributed by atoms with E-state index in [0.29, 0.717) is 30.5 Å². The molecule has 0 saturated heterocycles. The van der Waals surface area contributed by atoms with Crippen molar-refractivity contribution in [1.29, 1.82) is 0 Å². The van der Waals surface area contributed by atoms with E-state index in [2.05, 4.69) is 21.6 Å². The van der Waals surface area contributed by atoms with Gasteiger partial charge in [-0.1, -0.05) is 55.8 Å². The highest BCUT2D eigenvalue weighted by Gasteiger charge is 2.17. The van der Waals surface area contributed by atoms with Crippen molar-refractivity contribution in [1.82, 2.24) is 14.7 Å². The van der Waals surface area contributed by atoms with Crippen LogP contribution in [-0.4, -0.2) is 28.4 Å². The van der Waals surface area contributed by atoms with E-state index in [-0.39, 0.29) is 18.3 Å². The lowest BCUT2D eigenvalue weighted by atomic mass is 10.1. The third-order valence-corrected chi connectivity index (χ3v) is 5.22. The Kier molecular flexibility index (Phi) is 7.69. The molecular formula is C22H25FN4OS. The van der Waals surface area contributed by atoms with E-state index in [1.54, 1.807) is 12.1 Å². The number of anilines is 1. The van der Waals surface area contributed by atoms with Gasteiger partial charge in [-0.15, -0.1) is 0 Å². The molecule has 3 aromatic rings. The Hall–Kier alpha value is -2.80. The predicted molar refractivity (Wildman–Crippen MR) is 115 cm³/mol. The number of nitrogens with one attached hydrogen (secondary N) is 1. The van der Waals surface area contributed by atoms with E-state index in [1.165, 1.54) is 23.7 Å². The number of halogens is 1. The summed E-state index contributed by atoms with van der Waals surface area (Å²) in [7, 11) is 0. The number of unbranched alkanes of at least 4 members (excludes halogenated alkanes) is 1. The van der Waals surface area contributed by atoms with Crippen molar-refractivity contribution in [3.8, 4) is 0 Å². The highest BCUT2D eigenvalue weighted by atomic mass is 32.1. The lowest BCUT2D eigenvalue weighted by Gasteiger charge is -2.21. The van der Waals surface area contributed by atoms with Gasteiger partial charge in [0, 0.05) is 31.0 Å². The maximum absolute atomic E-state index is 13.1. The van der Waals surface area contributed by atoms with Crippen molar-refractivity contribution in [2.75, 3.05) is 18.0 Å². The Morgan fingerprint density at radius 1 is 1.10 bits per heavy atom. The van der Waals surface area contributed by atoms with E-state index >= 15 is 0 Å². The number of hydrogen-bond acceptors (Lipinski definition) is 5. The van der Waals surface area contributed by atoms with Gasteiger partial charge in [-0.05, 0) is 29.7 Å². The zero-order valence-electron chi connectivity index (χ0n) is 16.5. The number of carbonyl (C=O) groups excluding carboxylic acids is 1. The fraction of sp³-hybridized carbons (Fsp3) is 0.318. The van der Waals surface area contributed by atoms with Crippen LogP contribution in [0.3, 0.4) is 0 Å². The minimum atomic E-state index is -0.260. The second-order valence-corrected chi connectivity index (χ2v) is 7.57. The van der Waals surface area contributed by atoms with Crippen LogP contribution >= 0.6 is 11.5 Å². The first kappa shape index (κ1) is 20.9. The number of rotatable bonds is 10. The zero-order chi connectivity index (χ0) is 20.5. The number of nitrogens with zero attached hydrogens (tertiary/aromatic N) is 3. The van der Waals surface area contributed by atoms with Gasteiger partial charge in [-0.25, -0.2) is 9.37 Å². The van der Waals surface area contributed by atoms with E-state index in [1.807, 2.05) is 35.2 Å². The minimum absolute atomic E-state index is 0.0235. The van der Waals surface area contributed by atoms with E-state index in [0.717, 1.165) is 24.0 Å². The first-order valence-electron chi connectivity index (χ1n) is 9.76. The number of amides is 1. The van der Waals surface area contributed by atoms with Gasteiger partial charge >= 0.3 is 0 Å². The summed E-state index contributed by atoms with van der Waals surface area (Å²) >= 11 is 1.28. The first-order chi connectivity index (χ1) is 14.1. The second kappa shape index (κ2) is 10.7. The normalized spacial score (nSPS) is 10.7. The molecule has 0 aliphatic heterocycles. The van der Waals surface area contributed by atoms with Crippen LogP contribution in [0.2, 0.25) is 0 Å². The lowest BCUT2D eigenvalue weighted by molar-refractivity contribution is -0.119. The molecule has 0 aliphatic rings. The molecule has 1 amide bonds. The monoisotopic (exact) mass is 412 g/mol. The van der Waals surface area contributed by atoms with Crippen LogP contribution in [0.4, 0.5) is 9.52 Å². The van der Waals surface area contributed by atoms with Gasteiger partial charge in [0.25, 0.3) is 0 Å². The summed E-state index contributed by atoms with van der Waals surface area (Å²) in [5.41, 5.74) is 2.05. The molecule has 3 rings (SSSR count). The quantitative estimate of drug-likeness (QED) is 0.507. The summed E-state index contributed by atoms with van der Waals surface area (Å²) in [5.74, 6) is 0.384. The molecule has 0 saturated carbocycles. The van der Waals surface area contributed by atoms with E-state index in [4.69, 9.17) is 0 Å². The molecule has 0 fully saturated rings. The molecule has 29 heavy (non-hydrogen) atoms. The summed E-state index contributed by atoms with van der Waals surface area (Å²) in [6.07, 6.45) is 2.53. The standard InChI is InChI=1S/C22H25FN4OS/c1-2-3-13-24-21(28)16-27(15-18-7-5-4-6-8-18)22-25-20(26-29-22)14-17-9-11-19(23)12-10-17/h4-12H,2-3,13-16H2,1H3,(H,24,28). The predicted octanol–water partition coefficient (Wildman–Crippen LogP) is 4.19. The van der Waals surface area contributed by atoms with Gasteiger partial charge in [0.15, 0.2) is 0 Å². The van der Waals surface area contributed by atoms with Crippen molar-refractivity contribution in [2.24, 2.45) is 0 Å². The van der Waals surface area contributed by atoms with Crippen molar-refractivity contribution in [3.63, 3.8) is 0 Å². The van der Waals surface area contributed by atoms with Crippen LogP contribution in [0.1, 0.15) is 36.7 Å². The average molecular weight is 413 g/mol. The van der Waals surface area contributed by atoms with Gasteiger partial charge in [-0.2, -0.15) is 4.37 Å². The molecule has 1 aromatic heterocycles. The highest BCUT2D eigenvalue weighted by molar-refractivity contribution is 7.09. The molecule has 0 bridgehead atoms. The van der Waals surface area contributed by atoms with Crippen LogP contribution < -0.4 is 10.2 Å². The van der Waals surface area contributed by atoms with Crippen LogP contribution in [0, 0.1) is 5.82 Å². The number of aromatic nitrogens is 2. The van der Waals surface area contributed by atoms with Crippen molar-refractivity contribution < 1.29 is 9.18 Å². The fourth-order valence-electron chi connectivity index (χ4n) is 2.86. The number of benzene rings is 2. The van der Waals surface area contributed by atoms with Crippen LogP contribution in [0.15, 0.2) is 54.6 Å². The Morgan fingerprint density at radius 2 is 1.86 bits per heavy atom. The van der Waals surface area contributed by atoms with Crippen LogP contribution in [-0.2, 0) is 17.8 Å². The Bertz CT molecular complexity index is 899. The Morgan fingerprint density at radius 3 is 2.59 bits per heavy atom. The Labute approximate surface area is 174 Å². The molecular weight excluding hydrogens is 387 g/mol. The highest BCUT2D eigenvalue weighted by Crippen LogP contribution is 2.21. The molecule has 0 unspecified atom stereocenters. The minimum Gasteiger partial charge on any atom is -0.355 e.